The molecule has 0 saturated heterocycles. The molecule has 3 heteroatoms. The lowest BCUT2D eigenvalue weighted by molar-refractivity contribution is 0.453. The van der Waals surface area contributed by atoms with Gasteiger partial charge in [-0.1, -0.05) is 25.0 Å². The first-order valence-electron chi connectivity index (χ1n) is 5.54. The van der Waals surface area contributed by atoms with Crippen molar-refractivity contribution in [3.63, 3.8) is 0 Å². The Balaban J connectivity index is 2.04. The topological polar surface area (TPSA) is 52.0 Å². The molecule has 1 saturated carbocycles. The monoisotopic (exact) mass is 222 g/mol. The fraction of sp³-hybridized carbons (Fsp3) is 0.500. The van der Waals surface area contributed by atoms with E-state index in [1.165, 1.54) is 24.2 Å². The Morgan fingerprint density at radius 1 is 1.13 bits per heavy atom. The van der Waals surface area contributed by atoms with Crippen LogP contribution in [-0.2, 0) is 0 Å². The van der Waals surface area contributed by atoms with E-state index in [4.69, 9.17) is 11.5 Å². The zero-order chi connectivity index (χ0) is 10.7. The van der Waals surface area contributed by atoms with E-state index in [2.05, 4.69) is 6.07 Å². The highest BCUT2D eigenvalue weighted by molar-refractivity contribution is 8.00. The van der Waals surface area contributed by atoms with Crippen LogP contribution < -0.4 is 11.5 Å². The maximum Gasteiger partial charge on any atom is 0.0452 e. The average molecular weight is 222 g/mol. The number of para-hydroxylation sites is 1. The molecule has 0 amide bonds. The van der Waals surface area contributed by atoms with Crippen LogP contribution in [0.3, 0.4) is 0 Å². The minimum atomic E-state index is 0.336. The smallest absolute Gasteiger partial charge is 0.0452 e. The van der Waals surface area contributed by atoms with Crippen molar-refractivity contribution in [1.82, 2.24) is 0 Å². The minimum absolute atomic E-state index is 0.336. The highest BCUT2D eigenvalue weighted by Gasteiger charge is 2.23. The summed E-state index contributed by atoms with van der Waals surface area (Å²) < 4.78 is 0. The summed E-state index contributed by atoms with van der Waals surface area (Å²) in [5, 5.41) is 0.545. The highest BCUT2D eigenvalue weighted by Crippen LogP contribution is 2.35. The molecule has 2 atom stereocenters. The molecule has 0 radical (unpaired) electrons. The molecule has 1 aliphatic carbocycles. The van der Waals surface area contributed by atoms with Crippen molar-refractivity contribution >= 4 is 17.4 Å². The predicted molar refractivity (Wildman–Crippen MR) is 66.9 cm³/mol. The van der Waals surface area contributed by atoms with E-state index in [0.717, 1.165) is 12.1 Å². The van der Waals surface area contributed by atoms with Gasteiger partial charge in [-0.05, 0) is 25.0 Å². The Hall–Kier alpha value is -0.670. The summed E-state index contributed by atoms with van der Waals surface area (Å²) in [7, 11) is 0. The van der Waals surface area contributed by atoms with Crippen LogP contribution in [0.4, 0.5) is 5.69 Å². The fourth-order valence-corrected chi connectivity index (χ4v) is 3.31. The molecule has 1 aromatic rings. The third-order valence-corrected chi connectivity index (χ3v) is 4.46. The summed E-state index contributed by atoms with van der Waals surface area (Å²) in [5.74, 6) is 0. The summed E-state index contributed by atoms with van der Waals surface area (Å²) in [6, 6.07) is 8.38. The fourth-order valence-electron chi connectivity index (χ4n) is 2.02. The standard InChI is InChI=1S/C12H18N2S/c13-9-5-1-3-7-11(9)15-12-8-4-2-6-10(12)14/h1,3,5,7,10,12H,2,4,6,8,13-14H2/t10-,12-/m0/s1. The van der Waals surface area contributed by atoms with Gasteiger partial charge in [-0.2, -0.15) is 0 Å². The lowest BCUT2D eigenvalue weighted by Crippen LogP contribution is -2.35. The van der Waals surface area contributed by atoms with Gasteiger partial charge in [0.2, 0.25) is 0 Å². The van der Waals surface area contributed by atoms with Gasteiger partial charge in [0.05, 0.1) is 0 Å². The van der Waals surface area contributed by atoms with E-state index in [1.54, 1.807) is 0 Å². The summed E-state index contributed by atoms with van der Waals surface area (Å²) in [5.41, 5.74) is 12.9. The Labute approximate surface area is 95.4 Å². The first-order chi connectivity index (χ1) is 7.27. The van der Waals surface area contributed by atoms with Gasteiger partial charge in [0.1, 0.15) is 0 Å². The SMILES string of the molecule is Nc1ccccc1S[C@H]1CCCC[C@@H]1N. The number of rotatable bonds is 2. The van der Waals surface area contributed by atoms with Crippen LogP contribution in [0.1, 0.15) is 25.7 Å². The third-order valence-electron chi connectivity index (χ3n) is 2.95. The molecule has 2 nitrogen and oxygen atoms in total. The van der Waals surface area contributed by atoms with Crippen molar-refractivity contribution in [2.45, 2.75) is 41.9 Å². The number of anilines is 1. The molecule has 1 aromatic carbocycles. The van der Waals surface area contributed by atoms with Gasteiger partial charge in [-0.15, -0.1) is 11.8 Å². The Morgan fingerprint density at radius 3 is 2.60 bits per heavy atom. The van der Waals surface area contributed by atoms with Crippen LogP contribution in [-0.4, -0.2) is 11.3 Å². The van der Waals surface area contributed by atoms with Crippen LogP contribution in [0.25, 0.3) is 0 Å². The lowest BCUT2D eigenvalue weighted by atomic mass is 9.96. The minimum Gasteiger partial charge on any atom is -0.398 e. The largest absolute Gasteiger partial charge is 0.398 e. The molecule has 0 heterocycles. The maximum absolute atomic E-state index is 6.12. The first kappa shape index (κ1) is 10.8. The molecule has 82 valence electrons. The summed E-state index contributed by atoms with van der Waals surface area (Å²) >= 11 is 1.85. The summed E-state index contributed by atoms with van der Waals surface area (Å²) in [4.78, 5) is 1.18. The van der Waals surface area contributed by atoms with E-state index >= 15 is 0 Å². The van der Waals surface area contributed by atoms with Crippen LogP contribution in [0, 0.1) is 0 Å². The van der Waals surface area contributed by atoms with Crippen molar-refractivity contribution in [2.24, 2.45) is 5.73 Å². The Morgan fingerprint density at radius 2 is 1.87 bits per heavy atom. The highest BCUT2D eigenvalue weighted by atomic mass is 32.2. The molecular formula is C12H18N2S. The predicted octanol–water partition coefficient (Wildman–Crippen LogP) is 2.63. The van der Waals surface area contributed by atoms with Gasteiger partial charge in [0, 0.05) is 21.9 Å². The second-order valence-electron chi connectivity index (χ2n) is 4.14. The van der Waals surface area contributed by atoms with E-state index in [-0.39, 0.29) is 0 Å². The van der Waals surface area contributed by atoms with E-state index < -0.39 is 0 Å². The molecule has 1 aliphatic rings. The molecule has 15 heavy (non-hydrogen) atoms. The van der Waals surface area contributed by atoms with Gasteiger partial charge in [0.25, 0.3) is 0 Å². The zero-order valence-corrected chi connectivity index (χ0v) is 9.67. The maximum atomic E-state index is 6.12. The first-order valence-corrected chi connectivity index (χ1v) is 6.42. The van der Waals surface area contributed by atoms with Crippen LogP contribution >= 0.6 is 11.8 Å². The summed E-state index contributed by atoms with van der Waals surface area (Å²) in [6.45, 7) is 0. The number of nitrogen functional groups attached to an aromatic ring is 1. The molecular weight excluding hydrogens is 204 g/mol. The van der Waals surface area contributed by atoms with Crippen LogP contribution in [0.5, 0.6) is 0 Å². The van der Waals surface area contributed by atoms with E-state index in [1.807, 2.05) is 30.0 Å². The average Bonchev–Trinajstić information content (AvgIpc) is 2.24. The number of hydrogen-bond donors (Lipinski definition) is 2. The van der Waals surface area contributed by atoms with Crippen molar-refractivity contribution in [2.75, 3.05) is 5.73 Å². The van der Waals surface area contributed by atoms with Gasteiger partial charge in [0.15, 0.2) is 0 Å². The van der Waals surface area contributed by atoms with Gasteiger partial charge < -0.3 is 11.5 Å². The lowest BCUT2D eigenvalue weighted by Gasteiger charge is -2.28. The zero-order valence-electron chi connectivity index (χ0n) is 8.86. The van der Waals surface area contributed by atoms with Crippen molar-refractivity contribution in [3.05, 3.63) is 24.3 Å². The second kappa shape index (κ2) is 4.90. The van der Waals surface area contributed by atoms with Crippen molar-refractivity contribution < 1.29 is 0 Å². The number of nitrogens with two attached hydrogens (primary N) is 2. The van der Waals surface area contributed by atoms with Gasteiger partial charge in [-0.3, -0.25) is 0 Å². The van der Waals surface area contributed by atoms with Crippen LogP contribution in [0.2, 0.25) is 0 Å². The van der Waals surface area contributed by atoms with Gasteiger partial charge >= 0.3 is 0 Å². The molecule has 0 aromatic heterocycles. The van der Waals surface area contributed by atoms with E-state index in [0.29, 0.717) is 11.3 Å². The molecule has 0 bridgehead atoms. The Bertz CT molecular complexity index is 327. The normalized spacial score (nSPS) is 26.5. The Kier molecular flexibility index (Phi) is 3.54. The molecule has 0 aliphatic heterocycles. The number of benzene rings is 1. The number of thioether (sulfide) groups is 1. The second-order valence-corrected chi connectivity index (χ2v) is 5.42. The molecule has 1 fully saturated rings. The summed E-state index contributed by atoms with van der Waals surface area (Å²) in [6.07, 6.45) is 4.96. The van der Waals surface area contributed by atoms with Crippen molar-refractivity contribution in [1.29, 1.82) is 0 Å². The van der Waals surface area contributed by atoms with Crippen LogP contribution in [0.15, 0.2) is 29.2 Å². The number of hydrogen-bond acceptors (Lipinski definition) is 3. The molecule has 4 N–H and O–H groups in total. The third kappa shape index (κ3) is 2.67. The van der Waals surface area contributed by atoms with Crippen molar-refractivity contribution in [3.8, 4) is 0 Å². The molecule has 0 spiro atoms. The van der Waals surface area contributed by atoms with E-state index in [9.17, 15) is 0 Å². The molecule has 0 unspecified atom stereocenters. The quantitative estimate of drug-likeness (QED) is 0.756. The van der Waals surface area contributed by atoms with Gasteiger partial charge in [-0.25, -0.2) is 0 Å². The molecule has 2 rings (SSSR count).